The fourth-order valence-electron chi connectivity index (χ4n) is 4.64. The summed E-state index contributed by atoms with van der Waals surface area (Å²) >= 11 is 6.28. The van der Waals surface area contributed by atoms with Crippen molar-refractivity contribution in [3.05, 3.63) is 104 Å². The summed E-state index contributed by atoms with van der Waals surface area (Å²) in [4.78, 5) is 31.6. The van der Waals surface area contributed by atoms with Crippen LogP contribution in [0.2, 0.25) is 5.02 Å². The largest absolute Gasteiger partial charge is 0.340 e. The Bertz CT molecular complexity index is 1660. The minimum absolute atomic E-state index is 0.0218. The monoisotopic (exact) mass is 500 g/mol. The van der Waals surface area contributed by atoms with Crippen LogP contribution in [0.5, 0.6) is 0 Å². The molecule has 36 heavy (non-hydrogen) atoms. The summed E-state index contributed by atoms with van der Waals surface area (Å²) in [5.74, 6) is 0.661. The highest BCUT2D eigenvalue weighted by molar-refractivity contribution is 6.31. The van der Waals surface area contributed by atoms with Gasteiger partial charge in [-0.1, -0.05) is 11.6 Å². The lowest BCUT2D eigenvalue weighted by Gasteiger charge is -2.15. The molecule has 2 aromatic carbocycles. The van der Waals surface area contributed by atoms with Crippen LogP contribution in [-0.2, 0) is 6.42 Å². The number of tetrazole rings is 1. The predicted molar refractivity (Wildman–Crippen MR) is 131 cm³/mol. The van der Waals surface area contributed by atoms with Crippen molar-refractivity contribution in [1.29, 1.82) is 0 Å². The Kier molecular flexibility index (Phi) is 5.19. The van der Waals surface area contributed by atoms with Gasteiger partial charge in [0.05, 0.1) is 28.5 Å². The number of pyridine rings is 1. The second-order valence-electron chi connectivity index (χ2n) is 8.40. The SMILES string of the molecule is O=c1cc(-c2cc(Cl)ccc2-n2cnnn2)cc2n1[C@H](c1ncc(-c3ccc([N+](=O)[O-])cc3)[nH]1)CC2. The van der Waals surface area contributed by atoms with Gasteiger partial charge in [0.25, 0.3) is 11.2 Å². The van der Waals surface area contributed by atoms with Crippen LogP contribution >= 0.6 is 11.6 Å². The Morgan fingerprint density at radius 3 is 2.67 bits per heavy atom. The number of fused-ring (bicyclic) bond motifs is 1. The number of non-ortho nitro benzene ring substituents is 1. The van der Waals surface area contributed by atoms with E-state index in [4.69, 9.17) is 11.6 Å². The van der Waals surface area contributed by atoms with E-state index in [2.05, 4.69) is 25.5 Å². The number of rotatable bonds is 5. The first-order chi connectivity index (χ1) is 17.5. The van der Waals surface area contributed by atoms with E-state index in [0.717, 1.165) is 28.1 Å². The number of benzene rings is 2. The summed E-state index contributed by atoms with van der Waals surface area (Å²) in [5, 5.41) is 22.8. The zero-order valence-corrected chi connectivity index (χ0v) is 19.3. The van der Waals surface area contributed by atoms with Crippen LogP contribution in [0.1, 0.15) is 24.0 Å². The first-order valence-electron chi connectivity index (χ1n) is 11.1. The summed E-state index contributed by atoms with van der Waals surface area (Å²) in [6, 6.07) is 14.9. The molecule has 12 heteroatoms. The van der Waals surface area contributed by atoms with Gasteiger partial charge in [-0.3, -0.25) is 14.9 Å². The highest BCUT2D eigenvalue weighted by atomic mass is 35.5. The number of H-pyrrole nitrogens is 1. The number of imidazole rings is 1. The minimum atomic E-state index is -0.437. The van der Waals surface area contributed by atoms with Crippen LogP contribution in [0.4, 0.5) is 5.69 Å². The Morgan fingerprint density at radius 2 is 1.92 bits per heavy atom. The molecule has 0 radical (unpaired) electrons. The molecule has 0 unspecified atom stereocenters. The molecule has 11 nitrogen and oxygen atoms in total. The van der Waals surface area contributed by atoms with Gasteiger partial charge in [0.1, 0.15) is 12.2 Å². The van der Waals surface area contributed by atoms with Gasteiger partial charge in [-0.15, -0.1) is 5.10 Å². The van der Waals surface area contributed by atoms with Crippen LogP contribution in [0.3, 0.4) is 0 Å². The van der Waals surface area contributed by atoms with Gasteiger partial charge in [-0.05, 0) is 65.2 Å². The van der Waals surface area contributed by atoms with Crippen molar-refractivity contribution in [2.75, 3.05) is 0 Å². The standard InChI is InChI=1S/C24H17ClN8O3/c25-16-3-7-21(31-13-27-29-30-31)19(11-16)15-9-18-6-8-22(32(18)23(34)10-15)24-26-12-20(28-24)14-1-4-17(5-2-14)33(35)36/h1-5,7,9-13,22H,6,8H2,(H,26,28)/t22-/m0/s1. The molecule has 4 heterocycles. The van der Waals surface area contributed by atoms with Crippen LogP contribution in [0, 0.1) is 10.1 Å². The lowest BCUT2D eigenvalue weighted by molar-refractivity contribution is -0.384. The zero-order valence-electron chi connectivity index (χ0n) is 18.6. The van der Waals surface area contributed by atoms with Crippen molar-refractivity contribution in [2.45, 2.75) is 18.9 Å². The van der Waals surface area contributed by atoms with Crippen LogP contribution in [-0.4, -0.2) is 39.7 Å². The van der Waals surface area contributed by atoms with Gasteiger partial charge in [-0.2, -0.15) is 4.68 Å². The third kappa shape index (κ3) is 3.75. The first-order valence-corrected chi connectivity index (χ1v) is 11.4. The maximum atomic E-state index is 13.3. The van der Waals surface area contributed by atoms with Gasteiger partial charge in [0, 0.05) is 40.0 Å². The van der Waals surface area contributed by atoms with Gasteiger partial charge >= 0.3 is 0 Å². The van der Waals surface area contributed by atoms with Gasteiger partial charge in [0.15, 0.2) is 0 Å². The topological polar surface area (TPSA) is 137 Å². The number of hydrogen-bond donors (Lipinski definition) is 1. The molecule has 0 bridgehead atoms. The molecule has 0 saturated carbocycles. The fraction of sp³-hybridized carbons (Fsp3) is 0.125. The number of nitrogens with zero attached hydrogens (tertiary/aromatic N) is 7. The highest BCUT2D eigenvalue weighted by Crippen LogP contribution is 2.34. The molecule has 1 aliphatic heterocycles. The van der Waals surface area contributed by atoms with Gasteiger partial charge in [-0.25, -0.2) is 4.98 Å². The lowest BCUT2D eigenvalue weighted by atomic mass is 10.0. The van der Waals surface area contributed by atoms with E-state index in [1.807, 2.05) is 12.1 Å². The van der Waals surface area contributed by atoms with Crippen molar-refractivity contribution in [3.63, 3.8) is 0 Å². The normalized spacial score (nSPS) is 14.6. The molecule has 5 aromatic rings. The number of aromatic nitrogens is 7. The Hall–Kier alpha value is -4.64. The van der Waals surface area contributed by atoms with Crippen molar-refractivity contribution in [2.24, 2.45) is 0 Å². The molecule has 1 atom stereocenters. The number of nitrogens with one attached hydrogen (secondary N) is 1. The lowest BCUT2D eigenvalue weighted by Crippen LogP contribution is -2.23. The molecule has 1 aliphatic rings. The Morgan fingerprint density at radius 1 is 1.08 bits per heavy atom. The van der Waals surface area contributed by atoms with E-state index in [0.29, 0.717) is 29.4 Å². The molecule has 0 fully saturated rings. The van der Waals surface area contributed by atoms with Crippen molar-refractivity contribution in [3.8, 4) is 28.1 Å². The number of nitro groups is 1. The van der Waals surface area contributed by atoms with E-state index in [-0.39, 0.29) is 17.3 Å². The van der Waals surface area contributed by atoms with Crippen molar-refractivity contribution >= 4 is 17.3 Å². The van der Waals surface area contributed by atoms with Crippen molar-refractivity contribution < 1.29 is 4.92 Å². The van der Waals surface area contributed by atoms with Crippen LogP contribution in [0.25, 0.3) is 28.1 Å². The van der Waals surface area contributed by atoms with E-state index in [1.54, 1.807) is 41.1 Å². The number of hydrogen-bond acceptors (Lipinski definition) is 7. The molecular formula is C24H17ClN8O3. The van der Waals surface area contributed by atoms with E-state index < -0.39 is 4.92 Å². The second-order valence-corrected chi connectivity index (χ2v) is 8.84. The molecule has 0 saturated heterocycles. The van der Waals surface area contributed by atoms with Crippen LogP contribution in [0.15, 0.2) is 71.9 Å². The average Bonchev–Trinajstić information content (AvgIpc) is 3.64. The smallest absolute Gasteiger partial charge is 0.269 e. The number of nitro benzene ring substituents is 1. The summed E-state index contributed by atoms with van der Waals surface area (Å²) in [6.07, 6.45) is 4.57. The second kappa shape index (κ2) is 8.54. The molecule has 178 valence electrons. The molecule has 3 aromatic heterocycles. The molecule has 0 amide bonds. The molecule has 1 N–H and O–H groups in total. The Balaban J connectivity index is 1.35. The van der Waals surface area contributed by atoms with Crippen molar-refractivity contribution in [1.82, 2.24) is 34.7 Å². The Labute approximate surface area is 208 Å². The minimum Gasteiger partial charge on any atom is -0.340 e. The first kappa shape index (κ1) is 21.9. The fourth-order valence-corrected chi connectivity index (χ4v) is 4.81. The average molecular weight is 501 g/mol. The molecule has 6 rings (SSSR count). The van der Waals surface area contributed by atoms with Gasteiger partial charge in [0.2, 0.25) is 0 Å². The molecule has 0 aliphatic carbocycles. The predicted octanol–water partition coefficient (Wildman–Crippen LogP) is 3.98. The maximum absolute atomic E-state index is 13.3. The highest BCUT2D eigenvalue weighted by Gasteiger charge is 2.28. The summed E-state index contributed by atoms with van der Waals surface area (Å²) < 4.78 is 3.28. The quantitative estimate of drug-likeness (QED) is 0.284. The third-order valence-corrected chi connectivity index (χ3v) is 6.53. The summed E-state index contributed by atoms with van der Waals surface area (Å²) in [5.41, 5.74) is 4.44. The number of halogens is 1. The summed E-state index contributed by atoms with van der Waals surface area (Å²) in [7, 11) is 0. The molecular weight excluding hydrogens is 484 g/mol. The zero-order chi connectivity index (χ0) is 24.8. The van der Waals surface area contributed by atoms with E-state index in [9.17, 15) is 14.9 Å². The summed E-state index contributed by atoms with van der Waals surface area (Å²) in [6.45, 7) is 0. The van der Waals surface area contributed by atoms with E-state index in [1.165, 1.54) is 23.1 Å². The number of aromatic amines is 1. The van der Waals surface area contributed by atoms with E-state index >= 15 is 0 Å². The number of aryl methyl sites for hydroxylation is 1. The van der Waals surface area contributed by atoms with Crippen LogP contribution < -0.4 is 5.56 Å². The molecule has 0 spiro atoms. The third-order valence-electron chi connectivity index (χ3n) is 6.30. The maximum Gasteiger partial charge on any atom is 0.269 e. The van der Waals surface area contributed by atoms with Gasteiger partial charge < -0.3 is 9.55 Å².